The largest absolute Gasteiger partial charge is 0.550 e. The van der Waals surface area contributed by atoms with E-state index in [1.165, 1.54) is 64.2 Å². The number of carbonyl (C=O) groups is 2. The second kappa shape index (κ2) is 17.6. The van der Waals surface area contributed by atoms with Gasteiger partial charge < -0.3 is 19.1 Å². The molecular weight excluding hydrogens is 378 g/mol. The molecule has 5 nitrogen and oxygen atoms in total. The lowest BCUT2D eigenvalue weighted by molar-refractivity contribution is -0.873. The Bertz CT molecular complexity index is 443. The molecule has 1 atom stereocenters. The summed E-state index contributed by atoms with van der Waals surface area (Å²) in [4.78, 5) is 22.9. The van der Waals surface area contributed by atoms with Crippen LogP contribution in [0.3, 0.4) is 0 Å². The van der Waals surface area contributed by atoms with Gasteiger partial charge in [0.15, 0.2) is 6.10 Å². The maximum atomic E-state index is 12.0. The normalized spacial score (nSPS) is 12.9. The van der Waals surface area contributed by atoms with Gasteiger partial charge in [0.25, 0.3) is 0 Å². The van der Waals surface area contributed by atoms with Gasteiger partial charge in [-0.05, 0) is 12.3 Å². The number of quaternary nitrogens is 1. The summed E-state index contributed by atoms with van der Waals surface area (Å²) in [5.74, 6) is -0.620. The van der Waals surface area contributed by atoms with Crippen LogP contribution in [0.1, 0.15) is 110 Å². The molecule has 178 valence electrons. The molecule has 0 aliphatic rings. The fourth-order valence-electron chi connectivity index (χ4n) is 3.77. The third-order valence-corrected chi connectivity index (χ3v) is 5.36. The summed E-state index contributed by atoms with van der Waals surface area (Å²) in [6, 6.07) is 0. The summed E-state index contributed by atoms with van der Waals surface area (Å²) in [5, 5.41) is 10.9. The minimum absolute atomic E-state index is 0.237. The third-order valence-electron chi connectivity index (χ3n) is 5.36. The SMILES string of the molecule is CC(C)CCCCCCCCCCCCCCC(=O)OC(CC(=O)[O-])C[N+](C)(C)C. The van der Waals surface area contributed by atoms with Crippen LogP contribution in [0.15, 0.2) is 0 Å². The number of rotatable bonds is 20. The first-order valence-corrected chi connectivity index (χ1v) is 12.3. The zero-order valence-corrected chi connectivity index (χ0v) is 20.5. The van der Waals surface area contributed by atoms with Crippen molar-refractivity contribution in [3.05, 3.63) is 0 Å². The van der Waals surface area contributed by atoms with E-state index in [2.05, 4.69) is 13.8 Å². The molecule has 5 heteroatoms. The first-order chi connectivity index (χ1) is 14.1. The Kier molecular flexibility index (Phi) is 16.9. The zero-order chi connectivity index (χ0) is 22.8. The molecule has 0 aromatic rings. The maximum Gasteiger partial charge on any atom is 0.306 e. The Balaban J connectivity index is 3.58. The van der Waals surface area contributed by atoms with Gasteiger partial charge in [0.2, 0.25) is 0 Å². The molecule has 0 aliphatic carbocycles. The van der Waals surface area contributed by atoms with Gasteiger partial charge in [-0.25, -0.2) is 0 Å². The monoisotopic (exact) mass is 427 g/mol. The Hall–Kier alpha value is -1.10. The number of likely N-dealkylation sites (N-methyl/N-ethyl adjacent to an activating group) is 1. The third kappa shape index (κ3) is 21.6. The number of unbranched alkanes of at least 4 members (excludes halogenated alkanes) is 11. The number of carboxylic acids is 1. The molecule has 0 saturated carbocycles. The highest BCUT2D eigenvalue weighted by Crippen LogP contribution is 2.15. The minimum Gasteiger partial charge on any atom is -0.550 e. The van der Waals surface area contributed by atoms with Crippen molar-refractivity contribution in [3.63, 3.8) is 0 Å². The van der Waals surface area contributed by atoms with Crippen LogP contribution in [0, 0.1) is 5.92 Å². The Morgan fingerprint density at radius 2 is 1.20 bits per heavy atom. The van der Waals surface area contributed by atoms with Crippen LogP contribution in [-0.4, -0.2) is 50.2 Å². The lowest BCUT2D eigenvalue weighted by atomic mass is 10.0. The number of nitrogens with zero attached hydrogens (tertiary/aromatic N) is 1. The van der Waals surface area contributed by atoms with Gasteiger partial charge in [-0.3, -0.25) is 4.79 Å². The van der Waals surface area contributed by atoms with E-state index in [1.807, 2.05) is 21.1 Å². The molecule has 0 heterocycles. The summed E-state index contributed by atoms with van der Waals surface area (Å²) in [7, 11) is 5.85. The number of esters is 1. The Morgan fingerprint density at radius 1 is 0.767 bits per heavy atom. The summed E-state index contributed by atoms with van der Waals surface area (Å²) in [6.07, 6.45) is 16.0. The summed E-state index contributed by atoms with van der Waals surface area (Å²) in [6.45, 7) is 5.07. The molecular formula is C25H49NO4. The highest BCUT2D eigenvalue weighted by Gasteiger charge is 2.22. The average molecular weight is 428 g/mol. The Labute approximate surface area is 186 Å². The summed E-state index contributed by atoms with van der Waals surface area (Å²) < 4.78 is 5.93. The summed E-state index contributed by atoms with van der Waals surface area (Å²) >= 11 is 0. The van der Waals surface area contributed by atoms with Crippen LogP contribution in [0.4, 0.5) is 0 Å². The van der Waals surface area contributed by atoms with E-state index in [1.54, 1.807) is 0 Å². The van der Waals surface area contributed by atoms with Crippen molar-refractivity contribution in [1.29, 1.82) is 0 Å². The predicted molar refractivity (Wildman–Crippen MR) is 122 cm³/mol. The molecule has 0 aromatic heterocycles. The van der Waals surface area contributed by atoms with Crippen LogP contribution in [0.25, 0.3) is 0 Å². The van der Waals surface area contributed by atoms with Crippen molar-refractivity contribution in [2.45, 2.75) is 116 Å². The molecule has 0 amide bonds. The van der Waals surface area contributed by atoms with E-state index in [-0.39, 0.29) is 12.4 Å². The Morgan fingerprint density at radius 3 is 1.60 bits per heavy atom. The van der Waals surface area contributed by atoms with Crippen LogP contribution in [-0.2, 0) is 14.3 Å². The van der Waals surface area contributed by atoms with Gasteiger partial charge in [0.05, 0.1) is 21.1 Å². The quantitative estimate of drug-likeness (QED) is 0.158. The van der Waals surface area contributed by atoms with E-state index >= 15 is 0 Å². The topological polar surface area (TPSA) is 66.4 Å². The standard InChI is InChI=1S/C25H49NO4/c1-22(2)18-16-14-12-10-8-6-7-9-11-13-15-17-19-25(29)30-23(20-24(27)28)21-26(3,4)5/h22-23H,6-21H2,1-5H3. The van der Waals surface area contributed by atoms with Gasteiger partial charge >= 0.3 is 5.97 Å². The van der Waals surface area contributed by atoms with Crippen molar-refractivity contribution in [3.8, 4) is 0 Å². The highest BCUT2D eigenvalue weighted by molar-refractivity contribution is 5.70. The van der Waals surface area contributed by atoms with Crippen molar-refractivity contribution in [2.24, 2.45) is 5.92 Å². The molecule has 0 saturated heterocycles. The number of aliphatic carboxylic acids is 1. The van der Waals surface area contributed by atoms with Crippen LogP contribution < -0.4 is 5.11 Å². The number of carbonyl (C=O) groups excluding carboxylic acids is 2. The molecule has 0 bridgehead atoms. The molecule has 0 radical (unpaired) electrons. The van der Waals surface area contributed by atoms with E-state index < -0.39 is 12.1 Å². The van der Waals surface area contributed by atoms with Gasteiger partial charge in [-0.15, -0.1) is 0 Å². The fraction of sp³-hybridized carbons (Fsp3) is 0.920. The smallest absolute Gasteiger partial charge is 0.306 e. The fourth-order valence-corrected chi connectivity index (χ4v) is 3.77. The number of hydrogen-bond acceptors (Lipinski definition) is 4. The van der Waals surface area contributed by atoms with Gasteiger partial charge in [0, 0.05) is 18.8 Å². The zero-order valence-electron chi connectivity index (χ0n) is 20.5. The molecule has 0 aliphatic heterocycles. The summed E-state index contributed by atoms with van der Waals surface area (Å²) in [5.41, 5.74) is 0. The molecule has 0 rings (SSSR count). The predicted octanol–water partition coefficient (Wildman–Crippen LogP) is 4.86. The van der Waals surface area contributed by atoms with E-state index in [0.717, 1.165) is 25.2 Å². The molecule has 0 spiro atoms. The highest BCUT2D eigenvalue weighted by atomic mass is 16.5. The lowest BCUT2D eigenvalue weighted by Gasteiger charge is -2.29. The van der Waals surface area contributed by atoms with E-state index in [4.69, 9.17) is 4.74 Å². The van der Waals surface area contributed by atoms with E-state index in [0.29, 0.717) is 17.4 Å². The van der Waals surface area contributed by atoms with Crippen LogP contribution >= 0.6 is 0 Å². The van der Waals surface area contributed by atoms with Crippen molar-refractivity contribution >= 4 is 11.9 Å². The number of carboxylic acid groups (broad SMARTS) is 1. The first-order valence-electron chi connectivity index (χ1n) is 12.3. The molecule has 30 heavy (non-hydrogen) atoms. The molecule has 0 N–H and O–H groups in total. The second-order valence-electron chi connectivity index (χ2n) is 10.3. The van der Waals surface area contributed by atoms with Crippen LogP contribution in [0.5, 0.6) is 0 Å². The minimum atomic E-state index is -1.17. The second-order valence-corrected chi connectivity index (χ2v) is 10.3. The molecule has 0 aromatic carbocycles. The van der Waals surface area contributed by atoms with Gasteiger partial charge in [-0.1, -0.05) is 90.9 Å². The molecule has 0 fully saturated rings. The van der Waals surface area contributed by atoms with Gasteiger partial charge in [-0.2, -0.15) is 0 Å². The van der Waals surface area contributed by atoms with Crippen molar-refractivity contribution < 1.29 is 23.9 Å². The maximum absolute atomic E-state index is 12.0. The lowest BCUT2D eigenvalue weighted by Crippen LogP contribution is -2.45. The van der Waals surface area contributed by atoms with Crippen LogP contribution in [0.2, 0.25) is 0 Å². The number of hydrogen-bond donors (Lipinski definition) is 0. The average Bonchev–Trinajstić information content (AvgIpc) is 2.59. The number of ether oxygens (including phenoxy) is 1. The first kappa shape index (κ1) is 28.9. The molecule has 1 unspecified atom stereocenters. The van der Waals surface area contributed by atoms with Gasteiger partial charge in [0.1, 0.15) is 6.54 Å². The van der Waals surface area contributed by atoms with Crippen molar-refractivity contribution in [2.75, 3.05) is 27.7 Å². The van der Waals surface area contributed by atoms with Crippen molar-refractivity contribution in [1.82, 2.24) is 0 Å². The van der Waals surface area contributed by atoms with E-state index in [9.17, 15) is 14.7 Å².